The zero-order valence-corrected chi connectivity index (χ0v) is 9.80. The minimum Gasteiger partial charge on any atom is -0.352 e. The lowest BCUT2D eigenvalue weighted by Gasteiger charge is -2.05. The van der Waals surface area contributed by atoms with Crippen LogP contribution in [0.5, 0.6) is 0 Å². The van der Waals surface area contributed by atoms with Crippen LogP contribution in [0.4, 0.5) is 0 Å². The van der Waals surface area contributed by atoms with Crippen LogP contribution in [0.1, 0.15) is 16.8 Å². The molecule has 0 fully saturated rings. The molecule has 0 saturated heterocycles. The Balaban J connectivity index is 1.75. The molecule has 94 valence electrons. The second-order valence-electron chi connectivity index (χ2n) is 3.82. The Hall–Kier alpha value is -2.37. The number of amides is 1. The lowest BCUT2D eigenvalue weighted by molar-refractivity contribution is 0.0952. The number of carbonyl (C=O) groups is 1. The molecule has 1 amide bonds. The number of H-pyrrole nitrogens is 1. The van der Waals surface area contributed by atoms with Gasteiger partial charge in [0.15, 0.2) is 0 Å². The zero-order chi connectivity index (χ0) is 12.8. The van der Waals surface area contributed by atoms with Crippen LogP contribution in [-0.2, 0) is 6.54 Å². The number of pyridine rings is 1. The van der Waals surface area contributed by atoms with E-state index in [-0.39, 0.29) is 11.5 Å². The monoisotopic (exact) mass is 246 g/mol. The van der Waals surface area contributed by atoms with E-state index in [0.717, 1.165) is 13.0 Å². The number of nitrogens with one attached hydrogen (secondary N) is 2. The predicted molar refractivity (Wildman–Crippen MR) is 66.2 cm³/mol. The molecule has 0 atom stereocenters. The van der Waals surface area contributed by atoms with Gasteiger partial charge in [-0.25, -0.2) is 0 Å². The van der Waals surface area contributed by atoms with E-state index in [0.29, 0.717) is 12.1 Å². The van der Waals surface area contributed by atoms with Crippen molar-refractivity contribution in [2.45, 2.75) is 13.0 Å². The van der Waals surface area contributed by atoms with Crippen LogP contribution in [-0.4, -0.2) is 27.2 Å². The molecule has 18 heavy (non-hydrogen) atoms. The number of hydrogen-bond donors (Lipinski definition) is 2. The second-order valence-corrected chi connectivity index (χ2v) is 3.82. The lowest BCUT2D eigenvalue weighted by Crippen LogP contribution is -2.26. The van der Waals surface area contributed by atoms with Gasteiger partial charge in [-0.1, -0.05) is 0 Å². The van der Waals surface area contributed by atoms with E-state index in [4.69, 9.17) is 0 Å². The molecule has 0 bridgehead atoms. The average Bonchev–Trinajstić information content (AvgIpc) is 2.88. The summed E-state index contributed by atoms with van der Waals surface area (Å²) >= 11 is 0. The molecular formula is C12H14N4O2. The summed E-state index contributed by atoms with van der Waals surface area (Å²) in [6.07, 6.45) is 5.81. The smallest absolute Gasteiger partial charge is 0.252 e. The molecule has 2 aromatic heterocycles. The quantitative estimate of drug-likeness (QED) is 0.749. The fourth-order valence-corrected chi connectivity index (χ4v) is 1.53. The Labute approximate surface area is 104 Å². The van der Waals surface area contributed by atoms with Gasteiger partial charge in [-0.15, -0.1) is 0 Å². The average molecular weight is 246 g/mol. The summed E-state index contributed by atoms with van der Waals surface area (Å²) in [4.78, 5) is 25.0. The minimum absolute atomic E-state index is 0.188. The summed E-state index contributed by atoms with van der Waals surface area (Å²) in [6, 6.07) is 4.69. The molecule has 2 aromatic rings. The van der Waals surface area contributed by atoms with Crippen molar-refractivity contribution >= 4 is 5.91 Å². The summed E-state index contributed by atoms with van der Waals surface area (Å²) in [5, 5.41) is 6.84. The summed E-state index contributed by atoms with van der Waals surface area (Å²) in [6.45, 7) is 1.33. The molecule has 2 rings (SSSR count). The van der Waals surface area contributed by atoms with Gasteiger partial charge in [0.2, 0.25) is 5.56 Å². The first-order valence-electron chi connectivity index (χ1n) is 5.70. The molecule has 0 aliphatic heterocycles. The van der Waals surface area contributed by atoms with Gasteiger partial charge < -0.3 is 10.3 Å². The SMILES string of the molecule is O=C(NCCCn1cccn1)c1ccc(=O)[nH]c1. The van der Waals surface area contributed by atoms with Crippen molar-refractivity contribution in [1.82, 2.24) is 20.1 Å². The number of rotatable bonds is 5. The Kier molecular flexibility index (Phi) is 3.90. The van der Waals surface area contributed by atoms with Crippen molar-refractivity contribution < 1.29 is 4.79 Å². The molecule has 6 nitrogen and oxygen atoms in total. The van der Waals surface area contributed by atoms with E-state index in [1.54, 1.807) is 6.20 Å². The molecule has 0 aliphatic rings. The van der Waals surface area contributed by atoms with Gasteiger partial charge in [0.25, 0.3) is 5.91 Å². The highest BCUT2D eigenvalue weighted by molar-refractivity contribution is 5.93. The first-order chi connectivity index (χ1) is 8.75. The number of nitrogens with zero attached hydrogens (tertiary/aromatic N) is 2. The summed E-state index contributed by atoms with van der Waals surface area (Å²) < 4.78 is 1.81. The third kappa shape index (κ3) is 3.31. The molecule has 0 aliphatic carbocycles. The Morgan fingerprint density at radius 2 is 2.33 bits per heavy atom. The number of aryl methyl sites for hydroxylation is 1. The summed E-state index contributed by atoms with van der Waals surface area (Å²) in [7, 11) is 0. The topological polar surface area (TPSA) is 79.8 Å². The summed E-state index contributed by atoms with van der Waals surface area (Å²) in [5.74, 6) is -0.188. The van der Waals surface area contributed by atoms with Crippen LogP contribution >= 0.6 is 0 Å². The molecular weight excluding hydrogens is 232 g/mol. The normalized spacial score (nSPS) is 10.2. The lowest BCUT2D eigenvalue weighted by atomic mass is 10.2. The third-order valence-electron chi connectivity index (χ3n) is 2.46. The first kappa shape index (κ1) is 12.1. The fraction of sp³-hybridized carbons (Fsp3) is 0.250. The second kappa shape index (κ2) is 5.81. The Bertz CT molecular complexity index is 539. The maximum atomic E-state index is 11.7. The van der Waals surface area contributed by atoms with E-state index in [1.165, 1.54) is 18.3 Å². The molecule has 0 saturated carbocycles. The van der Waals surface area contributed by atoms with Crippen LogP contribution in [0.3, 0.4) is 0 Å². The molecule has 0 aromatic carbocycles. The van der Waals surface area contributed by atoms with E-state index >= 15 is 0 Å². The third-order valence-corrected chi connectivity index (χ3v) is 2.46. The van der Waals surface area contributed by atoms with Crippen LogP contribution < -0.4 is 10.9 Å². The number of aromatic amines is 1. The van der Waals surface area contributed by atoms with Gasteiger partial charge >= 0.3 is 0 Å². The highest BCUT2D eigenvalue weighted by Gasteiger charge is 2.03. The van der Waals surface area contributed by atoms with Crippen molar-refractivity contribution in [3.8, 4) is 0 Å². The van der Waals surface area contributed by atoms with E-state index in [1.807, 2.05) is 16.9 Å². The van der Waals surface area contributed by atoms with Gasteiger partial charge in [0.05, 0.1) is 5.56 Å². The summed E-state index contributed by atoms with van der Waals surface area (Å²) in [5.41, 5.74) is 0.235. The molecule has 2 heterocycles. The molecule has 0 unspecified atom stereocenters. The zero-order valence-electron chi connectivity index (χ0n) is 9.80. The first-order valence-corrected chi connectivity index (χ1v) is 5.70. The van der Waals surface area contributed by atoms with Gasteiger partial charge in [-0.3, -0.25) is 14.3 Å². The fourth-order valence-electron chi connectivity index (χ4n) is 1.53. The van der Waals surface area contributed by atoms with E-state index in [2.05, 4.69) is 15.4 Å². The molecule has 6 heteroatoms. The molecule has 0 spiro atoms. The number of carbonyl (C=O) groups excluding carboxylic acids is 1. The molecule has 0 radical (unpaired) electrons. The number of hydrogen-bond acceptors (Lipinski definition) is 3. The van der Waals surface area contributed by atoms with Crippen molar-refractivity contribution in [3.63, 3.8) is 0 Å². The highest BCUT2D eigenvalue weighted by atomic mass is 16.1. The van der Waals surface area contributed by atoms with Gasteiger partial charge in [-0.05, 0) is 18.6 Å². The maximum absolute atomic E-state index is 11.7. The van der Waals surface area contributed by atoms with E-state index < -0.39 is 0 Å². The van der Waals surface area contributed by atoms with Crippen molar-refractivity contribution in [2.75, 3.05) is 6.54 Å². The van der Waals surface area contributed by atoms with Gasteiger partial charge in [0, 0.05) is 37.7 Å². The van der Waals surface area contributed by atoms with Crippen molar-refractivity contribution in [1.29, 1.82) is 0 Å². The van der Waals surface area contributed by atoms with Crippen LogP contribution in [0.15, 0.2) is 41.6 Å². The van der Waals surface area contributed by atoms with Gasteiger partial charge in [0.1, 0.15) is 0 Å². The Morgan fingerprint density at radius 1 is 1.44 bits per heavy atom. The number of aromatic nitrogens is 3. The van der Waals surface area contributed by atoms with Gasteiger partial charge in [-0.2, -0.15) is 5.10 Å². The highest BCUT2D eigenvalue weighted by Crippen LogP contribution is 1.93. The minimum atomic E-state index is -0.217. The standard InChI is InChI=1S/C12H14N4O2/c17-11-4-3-10(9-14-11)12(18)13-5-1-7-16-8-2-6-15-16/h2-4,6,8-9H,1,5,7H2,(H,13,18)(H,14,17). The maximum Gasteiger partial charge on any atom is 0.252 e. The van der Waals surface area contributed by atoms with Crippen molar-refractivity contribution in [3.05, 3.63) is 52.7 Å². The Morgan fingerprint density at radius 3 is 3.00 bits per heavy atom. The molecule has 2 N–H and O–H groups in total. The largest absolute Gasteiger partial charge is 0.352 e. The predicted octanol–water partition coefficient (Wildman–Crippen LogP) is 0.391. The van der Waals surface area contributed by atoms with Crippen molar-refractivity contribution in [2.24, 2.45) is 0 Å². The van der Waals surface area contributed by atoms with E-state index in [9.17, 15) is 9.59 Å². The van der Waals surface area contributed by atoms with Crippen LogP contribution in [0, 0.1) is 0 Å². The van der Waals surface area contributed by atoms with Crippen LogP contribution in [0.25, 0.3) is 0 Å². The van der Waals surface area contributed by atoms with Crippen LogP contribution in [0.2, 0.25) is 0 Å².